The number of benzene rings is 1. The molecule has 0 atom stereocenters. The van der Waals surface area contributed by atoms with E-state index in [1.54, 1.807) is 31.2 Å². The van der Waals surface area contributed by atoms with Crippen molar-refractivity contribution < 1.29 is 4.79 Å². The number of hydrogen-bond donors (Lipinski definition) is 2. The summed E-state index contributed by atoms with van der Waals surface area (Å²) >= 11 is 4.92. The number of nitriles is 1. The Morgan fingerprint density at radius 2 is 1.94 bits per heavy atom. The van der Waals surface area contributed by atoms with Crippen LogP contribution in [0.3, 0.4) is 0 Å². The summed E-state index contributed by atoms with van der Waals surface area (Å²) in [6, 6.07) is 8.49. The Hall–Kier alpha value is -2.19. The van der Waals surface area contributed by atoms with Crippen molar-refractivity contribution >= 4 is 18.0 Å². The molecule has 5 heteroatoms. The van der Waals surface area contributed by atoms with E-state index in [0.717, 1.165) is 0 Å². The minimum Gasteiger partial charge on any atom is -0.334 e. The zero-order valence-electron chi connectivity index (χ0n) is 9.07. The molecular weight excluding hydrogens is 234 g/mol. The third kappa shape index (κ3) is 2.17. The Morgan fingerprint density at radius 3 is 2.41 bits per heavy atom. The second-order valence-electron chi connectivity index (χ2n) is 3.60. The van der Waals surface area contributed by atoms with Gasteiger partial charge in [-0.25, -0.2) is 0 Å². The Morgan fingerprint density at radius 1 is 1.29 bits per heavy atom. The van der Waals surface area contributed by atoms with Crippen molar-refractivity contribution in [2.24, 2.45) is 0 Å². The number of H-pyrrole nitrogens is 2. The molecule has 2 N–H and O–H groups in total. The average Bonchev–Trinajstić information content (AvgIpc) is 2.68. The number of aromatic amines is 2. The lowest BCUT2D eigenvalue weighted by Crippen LogP contribution is -2.03. The van der Waals surface area contributed by atoms with E-state index in [4.69, 9.17) is 17.5 Å². The highest BCUT2D eigenvalue weighted by Crippen LogP contribution is 2.11. The number of aromatic nitrogens is 2. The van der Waals surface area contributed by atoms with Gasteiger partial charge in [-0.15, -0.1) is 0 Å². The predicted molar refractivity (Wildman–Crippen MR) is 65.3 cm³/mol. The van der Waals surface area contributed by atoms with Gasteiger partial charge in [-0.05, 0) is 43.4 Å². The summed E-state index contributed by atoms with van der Waals surface area (Å²) in [5.41, 5.74) is 2.22. The van der Waals surface area contributed by atoms with E-state index in [0.29, 0.717) is 27.3 Å². The van der Waals surface area contributed by atoms with Crippen molar-refractivity contribution in [3.63, 3.8) is 0 Å². The fourth-order valence-electron chi connectivity index (χ4n) is 1.54. The smallest absolute Gasteiger partial charge is 0.211 e. The van der Waals surface area contributed by atoms with Crippen molar-refractivity contribution in [1.82, 2.24) is 9.97 Å². The van der Waals surface area contributed by atoms with Crippen molar-refractivity contribution in [3.8, 4) is 6.07 Å². The molecule has 0 bridgehead atoms. The van der Waals surface area contributed by atoms with Crippen LogP contribution in [-0.4, -0.2) is 15.8 Å². The Kier molecular flexibility index (Phi) is 2.90. The molecule has 0 aliphatic rings. The van der Waals surface area contributed by atoms with Crippen molar-refractivity contribution in [3.05, 3.63) is 51.6 Å². The first-order valence-electron chi connectivity index (χ1n) is 4.95. The normalized spacial score (nSPS) is 9.88. The highest BCUT2D eigenvalue weighted by atomic mass is 32.1. The van der Waals surface area contributed by atoms with Gasteiger partial charge in [0.1, 0.15) is 5.69 Å². The summed E-state index contributed by atoms with van der Waals surface area (Å²) in [6.07, 6.45) is 0. The third-order valence-electron chi connectivity index (χ3n) is 2.42. The molecule has 0 saturated heterocycles. The number of carbonyl (C=O) groups is 1. The molecule has 0 unspecified atom stereocenters. The van der Waals surface area contributed by atoms with Gasteiger partial charge >= 0.3 is 0 Å². The molecule has 4 nitrogen and oxygen atoms in total. The lowest BCUT2D eigenvalue weighted by atomic mass is 10.1. The molecule has 1 aromatic carbocycles. The fraction of sp³-hybridized carbons (Fsp3) is 0.0833. The number of ketones is 1. The highest BCUT2D eigenvalue weighted by molar-refractivity contribution is 7.71. The summed E-state index contributed by atoms with van der Waals surface area (Å²) in [5, 5.41) is 8.67. The SMILES string of the molecule is Cc1[nH]c(=S)[nH]c1C(=O)c1ccc(C#N)cc1. The van der Waals surface area contributed by atoms with Crippen LogP contribution in [0.2, 0.25) is 0 Å². The Balaban J connectivity index is 2.41. The first kappa shape index (κ1) is 11.3. The summed E-state index contributed by atoms with van der Waals surface area (Å²) in [7, 11) is 0. The van der Waals surface area contributed by atoms with E-state index in [-0.39, 0.29) is 5.78 Å². The lowest BCUT2D eigenvalue weighted by molar-refractivity contribution is 0.103. The minimum absolute atomic E-state index is 0.140. The lowest BCUT2D eigenvalue weighted by Gasteiger charge is -1.99. The van der Waals surface area contributed by atoms with E-state index < -0.39 is 0 Å². The molecule has 0 aliphatic heterocycles. The first-order chi connectivity index (χ1) is 8.11. The summed E-state index contributed by atoms with van der Waals surface area (Å²) in [6.45, 7) is 1.78. The van der Waals surface area contributed by atoms with Gasteiger partial charge in [0.2, 0.25) is 5.78 Å². The van der Waals surface area contributed by atoms with Gasteiger partial charge in [0.15, 0.2) is 4.77 Å². The van der Waals surface area contributed by atoms with Gasteiger partial charge in [-0.3, -0.25) is 4.79 Å². The summed E-state index contributed by atoms with van der Waals surface area (Å²) in [4.78, 5) is 17.8. The monoisotopic (exact) mass is 243 g/mol. The van der Waals surface area contributed by atoms with Crippen LogP contribution in [0.1, 0.15) is 27.3 Å². The van der Waals surface area contributed by atoms with Crippen LogP contribution in [0.5, 0.6) is 0 Å². The average molecular weight is 243 g/mol. The highest BCUT2D eigenvalue weighted by Gasteiger charge is 2.13. The zero-order chi connectivity index (χ0) is 12.4. The standard InChI is InChI=1S/C12H9N3OS/c1-7-10(15-12(17)14-7)11(16)9-4-2-8(6-13)3-5-9/h2-5H,1H3,(H2,14,15,17). The molecule has 0 amide bonds. The van der Waals surface area contributed by atoms with Gasteiger partial charge in [-0.2, -0.15) is 5.26 Å². The molecular formula is C12H9N3OS. The quantitative estimate of drug-likeness (QED) is 0.628. The number of carbonyl (C=O) groups excluding carboxylic acids is 1. The van der Waals surface area contributed by atoms with Crippen LogP contribution in [0, 0.1) is 23.0 Å². The minimum atomic E-state index is -0.140. The second kappa shape index (κ2) is 4.36. The van der Waals surface area contributed by atoms with Crippen LogP contribution in [0.15, 0.2) is 24.3 Å². The van der Waals surface area contributed by atoms with Crippen molar-refractivity contribution in [1.29, 1.82) is 5.26 Å². The van der Waals surface area contributed by atoms with E-state index in [2.05, 4.69) is 9.97 Å². The van der Waals surface area contributed by atoms with Crippen molar-refractivity contribution in [2.45, 2.75) is 6.92 Å². The van der Waals surface area contributed by atoms with Gasteiger partial charge < -0.3 is 9.97 Å². The largest absolute Gasteiger partial charge is 0.334 e. The number of rotatable bonds is 2. The second-order valence-corrected chi connectivity index (χ2v) is 4.01. The maximum absolute atomic E-state index is 12.1. The van der Waals surface area contributed by atoms with Crippen molar-refractivity contribution in [2.75, 3.05) is 0 Å². The molecule has 1 aromatic heterocycles. The summed E-state index contributed by atoms with van der Waals surface area (Å²) < 4.78 is 0.430. The molecule has 0 aliphatic carbocycles. The molecule has 2 rings (SSSR count). The maximum atomic E-state index is 12.1. The van der Waals surface area contributed by atoms with E-state index in [9.17, 15) is 4.79 Å². The van der Waals surface area contributed by atoms with Crippen LogP contribution >= 0.6 is 12.2 Å². The van der Waals surface area contributed by atoms with Gasteiger partial charge in [0, 0.05) is 11.3 Å². The van der Waals surface area contributed by atoms with E-state index in [1.807, 2.05) is 6.07 Å². The van der Waals surface area contributed by atoms with Gasteiger partial charge in [-0.1, -0.05) is 0 Å². The molecule has 0 saturated carbocycles. The number of hydrogen-bond acceptors (Lipinski definition) is 3. The van der Waals surface area contributed by atoms with Crippen LogP contribution < -0.4 is 0 Å². The zero-order valence-corrected chi connectivity index (χ0v) is 9.89. The molecule has 0 radical (unpaired) electrons. The molecule has 0 fully saturated rings. The molecule has 17 heavy (non-hydrogen) atoms. The van der Waals surface area contributed by atoms with Gasteiger partial charge in [0.25, 0.3) is 0 Å². The van der Waals surface area contributed by atoms with Crippen LogP contribution in [-0.2, 0) is 0 Å². The van der Waals surface area contributed by atoms with Crippen LogP contribution in [0.4, 0.5) is 0 Å². The third-order valence-corrected chi connectivity index (χ3v) is 2.62. The summed E-state index contributed by atoms with van der Waals surface area (Å²) in [5.74, 6) is -0.140. The molecule has 2 aromatic rings. The molecule has 1 heterocycles. The maximum Gasteiger partial charge on any atom is 0.211 e. The molecule has 84 valence electrons. The van der Waals surface area contributed by atoms with Gasteiger partial charge in [0.05, 0.1) is 11.6 Å². The number of nitrogens with one attached hydrogen (secondary N) is 2. The number of aryl methyl sites for hydroxylation is 1. The fourth-order valence-corrected chi connectivity index (χ4v) is 1.79. The first-order valence-corrected chi connectivity index (χ1v) is 5.36. The predicted octanol–water partition coefficient (Wildman–Crippen LogP) is 2.48. The van der Waals surface area contributed by atoms with Crippen LogP contribution in [0.25, 0.3) is 0 Å². The topological polar surface area (TPSA) is 72.4 Å². The number of nitrogens with zero attached hydrogens (tertiary/aromatic N) is 1. The van der Waals surface area contributed by atoms with E-state index >= 15 is 0 Å². The number of imidazole rings is 1. The Labute approximate surface area is 103 Å². The Bertz CT molecular complexity index is 658. The molecule has 0 spiro atoms. The van der Waals surface area contributed by atoms with E-state index in [1.165, 1.54) is 0 Å².